The molecule has 25 heavy (non-hydrogen) atoms. The molecule has 2 aromatic heterocycles. The predicted molar refractivity (Wildman–Crippen MR) is 90.9 cm³/mol. The fraction of sp³-hybridized carbons (Fsp3) is 0.556. The number of furan rings is 1. The van der Waals surface area contributed by atoms with Crippen molar-refractivity contribution in [2.45, 2.75) is 19.1 Å². The molecule has 7 heteroatoms. The number of nitrogens with zero attached hydrogens (tertiary/aromatic N) is 3. The Bertz CT molecular complexity index is 712. The van der Waals surface area contributed by atoms with Gasteiger partial charge < -0.3 is 19.0 Å². The van der Waals surface area contributed by atoms with E-state index in [1.165, 1.54) is 6.26 Å². The van der Waals surface area contributed by atoms with Crippen LogP contribution in [0.25, 0.3) is 0 Å². The third-order valence-corrected chi connectivity index (χ3v) is 5.37. The number of fused-ring (bicyclic) bond motifs is 1. The Kier molecular flexibility index (Phi) is 4.59. The van der Waals surface area contributed by atoms with E-state index in [9.17, 15) is 4.79 Å². The minimum Gasteiger partial charge on any atom is -0.459 e. The summed E-state index contributed by atoms with van der Waals surface area (Å²) in [5, 5.41) is 2.93. The van der Waals surface area contributed by atoms with Crippen molar-refractivity contribution in [3.8, 4) is 0 Å². The highest BCUT2D eigenvalue weighted by Crippen LogP contribution is 2.34. The molecule has 0 bridgehead atoms. The van der Waals surface area contributed by atoms with Crippen LogP contribution in [0.3, 0.4) is 0 Å². The van der Waals surface area contributed by atoms with Gasteiger partial charge in [-0.1, -0.05) is 0 Å². The molecule has 2 fully saturated rings. The molecule has 4 heterocycles. The van der Waals surface area contributed by atoms with Gasteiger partial charge in [-0.25, -0.2) is 4.98 Å². The number of rotatable bonds is 5. The highest BCUT2D eigenvalue weighted by molar-refractivity contribution is 5.91. The number of amides is 1. The lowest BCUT2D eigenvalue weighted by molar-refractivity contribution is 0.0728. The number of carbonyl (C=O) groups excluding carboxylic acids is 1. The standard InChI is InChI=1S/C18H24N4O3/c1-21-7-5-19-17(21)11-22-6-4-14-13(10-22)12-25-16(14)9-20-18(23)15-3-2-8-24-15/h2-3,5,7-8,13-14,16H,4,6,9-12H2,1H3,(H,20,23)/t13-,14-,16+/m0/s1. The number of hydrogen-bond acceptors (Lipinski definition) is 5. The van der Waals surface area contributed by atoms with Crippen LogP contribution in [0.5, 0.6) is 0 Å². The maximum atomic E-state index is 12.0. The van der Waals surface area contributed by atoms with Crippen molar-refractivity contribution >= 4 is 5.91 Å². The van der Waals surface area contributed by atoms with E-state index >= 15 is 0 Å². The van der Waals surface area contributed by atoms with E-state index in [0.29, 0.717) is 24.1 Å². The summed E-state index contributed by atoms with van der Waals surface area (Å²) in [6.45, 7) is 4.26. The minimum atomic E-state index is -0.177. The lowest BCUT2D eigenvalue weighted by Crippen LogP contribution is -2.43. The van der Waals surface area contributed by atoms with Gasteiger partial charge in [0.2, 0.25) is 0 Å². The Hall–Kier alpha value is -2.12. The average molecular weight is 344 g/mol. The van der Waals surface area contributed by atoms with Gasteiger partial charge in [0.05, 0.1) is 25.5 Å². The number of carbonyl (C=O) groups is 1. The van der Waals surface area contributed by atoms with Crippen LogP contribution < -0.4 is 5.32 Å². The van der Waals surface area contributed by atoms with Crippen molar-refractivity contribution in [3.05, 3.63) is 42.4 Å². The number of hydrogen-bond donors (Lipinski definition) is 1. The Morgan fingerprint density at radius 1 is 1.48 bits per heavy atom. The van der Waals surface area contributed by atoms with Crippen LogP contribution in [0.4, 0.5) is 0 Å². The van der Waals surface area contributed by atoms with Gasteiger partial charge in [0.25, 0.3) is 5.91 Å². The molecule has 0 spiro atoms. The third-order valence-electron chi connectivity index (χ3n) is 5.37. The van der Waals surface area contributed by atoms with Crippen molar-refractivity contribution in [2.75, 3.05) is 26.2 Å². The molecule has 0 saturated carbocycles. The first-order valence-corrected chi connectivity index (χ1v) is 8.82. The molecule has 134 valence electrons. The monoisotopic (exact) mass is 344 g/mol. The fourth-order valence-electron chi connectivity index (χ4n) is 3.95. The van der Waals surface area contributed by atoms with Gasteiger partial charge in [0.15, 0.2) is 5.76 Å². The second kappa shape index (κ2) is 7.01. The van der Waals surface area contributed by atoms with Crippen molar-refractivity contribution in [2.24, 2.45) is 18.9 Å². The molecule has 0 unspecified atom stereocenters. The Labute approximate surface area is 147 Å². The van der Waals surface area contributed by atoms with Crippen LogP contribution in [-0.2, 0) is 18.3 Å². The normalized spacial score (nSPS) is 26.5. The number of aryl methyl sites for hydroxylation is 1. The summed E-state index contributed by atoms with van der Waals surface area (Å²) in [7, 11) is 2.03. The summed E-state index contributed by atoms with van der Waals surface area (Å²) in [6, 6.07) is 3.39. The van der Waals surface area contributed by atoms with Crippen molar-refractivity contribution < 1.29 is 13.9 Å². The van der Waals surface area contributed by atoms with Gasteiger partial charge in [-0.05, 0) is 31.0 Å². The summed E-state index contributed by atoms with van der Waals surface area (Å²) >= 11 is 0. The second-order valence-electron chi connectivity index (χ2n) is 6.96. The largest absolute Gasteiger partial charge is 0.459 e. The van der Waals surface area contributed by atoms with Crippen LogP contribution in [0.2, 0.25) is 0 Å². The molecule has 0 aliphatic carbocycles. The zero-order valence-corrected chi connectivity index (χ0v) is 14.4. The van der Waals surface area contributed by atoms with E-state index in [4.69, 9.17) is 9.15 Å². The molecule has 2 aliphatic rings. The zero-order chi connectivity index (χ0) is 17.2. The van der Waals surface area contributed by atoms with Crippen molar-refractivity contribution in [1.29, 1.82) is 0 Å². The third kappa shape index (κ3) is 3.48. The van der Waals surface area contributed by atoms with Crippen LogP contribution in [0, 0.1) is 11.8 Å². The minimum absolute atomic E-state index is 0.0965. The Morgan fingerprint density at radius 2 is 2.40 bits per heavy atom. The second-order valence-corrected chi connectivity index (χ2v) is 6.96. The van der Waals surface area contributed by atoms with Crippen LogP contribution in [0.1, 0.15) is 22.8 Å². The number of likely N-dealkylation sites (tertiary alicyclic amines) is 1. The highest BCUT2D eigenvalue weighted by Gasteiger charge is 2.40. The summed E-state index contributed by atoms with van der Waals surface area (Å²) < 4.78 is 13.2. The number of nitrogens with one attached hydrogen (secondary N) is 1. The van der Waals surface area contributed by atoms with Crippen LogP contribution in [-0.4, -0.2) is 52.7 Å². The molecule has 2 aliphatic heterocycles. The lowest BCUT2D eigenvalue weighted by atomic mass is 9.84. The molecule has 1 N–H and O–H groups in total. The number of piperidine rings is 1. The summed E-state index contributed by atoms with van der Waals surface area (Å²) in [4.78, 5) is 18.9. The number of aromatic nitrogens is 2. The topological polar surface area (TPSA) is 72.5 Å². The van der Waals surface area contributed by atoms with Crippen molar-refractivity contribution in [1.82, 2.24) is 19.8 Å². The molecular weight excluding hydrogens is 320 g/mol. The summed E-state index contributed by atoms with van der Waals surface area (Å²) in [5.74, 6) is 2.30. The quantitative estimate of drug-likeness (QED) is 0.885. The predicted octanol–water partition coefficient (Wildman–Crippen LogP) is 1.28. The first-order valence-electron chi connectivity index (χ1n) is 8.82. The SMILES string of the molecule is Cn1ccnc1CN1CC[C@H]2[C@H](CO[C@@H]2CNC(=O)c2ccco2)C1. The molecule has 2 aromatic rings. The van der Waals surface area contributed by atoms with Gasteiger partial charge >= 0.3 is 0 Å². The van der Waals surface area contributed by atoms with E-state index in [-0.39, 0.29) is 12.0 Å². The van der Waals surface area contributed by atoms with Crippen LogP contribution in [0.15, 0.2) is 35.2 Å². The Morgan fingerprint density at radius 3 is 3.16 bits per heavy atom. The maximum absolute atomic E-state index is 12.0. The summed E-state index contributed by atoms with van der Waals surface area (Å²) in [5.41, 5.74) is 0. The maximum Gasteiger partial charge on any atom is 0.287 e. The van der Waals surface area contributed by atoms with E-state index in [0.717, 1.165) is 38.5 Å². The van der Waals surface area contributed by atoms with Gasteiger partial charge in [-0.3, -0.25) is 9.69 Å². The molecular formula is C18H24N4O3. The zero-order valence-electron chi connectivity index (χ0n) is 14.4. The van der Waals surface area contributed by atoms with Crippen LogP contribution >= 0.6 is 0 Å². The number of imidazole rings is 1. The number of ether oxygens (including phenoxy) is 1. The first kappa shape index (κ1) is 16.4. The molecule has 0 aromatic carbocycles. The Balaban J connectivity index is 1.29. The van der Waals surface area contributed by atoms with E-state index in [2.05, 4.69) is 19.8 Å². The fourth-order valence-corrected chi connectivity index (χ4v) is 3.95. The van der Waals surface area contributed by atoms with E-state index in [1.54, 1.807) is 12.1 Å². The average Bonchev–Trinajstić information content (AvgIpc) is 3.35. The first-order chi connectivity index (χ1) is 12.2. The smallest absolute Gasteiger partial charge is 0.287 e. The van der Waals surface area contributed by atoms with Gasteiger partial charge in [-0.15, -0.1) is 0 Å². The molecule has 1 amide bonds. The summed E-state index contributed by atoms with van der Waals surface area (Å²) in [6.07, 6.45) is 6.53. The highest BCUT2D eigenvalue weighted by atomic mass is 16.5. The van der Waals surface area contributed by atoms with E-state index < -0.39 is 0 Å². The van der Waals surface area contributed by atoms with Crippen molar-refractivity contribution in [3.63, 3.8) is 0 Å². The molecule has 3 atom stereocenters. The van der Waals surface area contributed by atoms with Gasteiger partial charge in [-0.2, -0.15) is 0 Å². The molecule has 4 rings (SSSR count). The van der Waals surface area contributed by atoms with Gasteiger partial charge in [0.1, 0.15) is 5.82 Å². The lowest BCUT2D eigenvalue weighted by Gasteiger charge is -2.35. The molecule has 7 nitrogen and oxygen atoms in total. The van der Waals surface area contributed by atoms with Gasteiger partial charge in [0, 0.05) is 38.4 Å². The molecule has 0 radical (unpaired) electrons. The van der Waals surface area contributed by atoms with E-state index in [1.807, 2.05) is 19.4 Å². The molecule has 2 saturated heterocycles.